The first-order chi connectivity index (χ1) is 10.0. The summed E-state index contributed by atoms with van der Waals surface area (Å²) in [5.74, 6) is 0.920. The number of ether oxygens (including phenoxy) is 2. The van der Waals surface area contributed by atoms with E-state index in [-0.39, 0.29) is 18.0 Å². The molecule has 6 nitrogen and oxygen atoms in total. The highest BCUT2D eigenvalue weighted by Gasteiger charge is 2.24. The van der Waals surface area contributed by atoms with Crippen molar-refractivity contribution in [3.8, 4) is 11.5 Å². The molecule has 1 aromatic rings. The maximum absolute atomic E-state index is 12.5. The zero-order valence-corrected chi connectivity index (χ0v) is 13.5. The van der Waals surface area contributed by atoms with Gasteiger partial charge in [-0.25, -0.2) is 8.42 Å². The van der Waals surface area contributed by atoms with E-state index in [0.29, 0.717) is 31.3 Å². The van der Waals surface area contributed by atoms with Gasteiger partial charge in [0.05, 0.1) is 24.7 Å². The Labute approximate surface area is 126 Å². The minimum atomic E-state index is -3.65. The van der Waals surface area contributed by atoms with Crippen LogP contribution in [-0.4, -0.2) is 50.7 Å². The fourth-order valence-corrected chi connectivity index (χ4v) is 3.36. The van der Waals surface area contributed by atoms with Gasteiger partial charge in [-0.1, -0.05) is 6.92 Å². The number of hydrogen-bond acceptors (Lipinski definition) is 5. The van der Waals surface area contributed by atoms with Crippen LogP contribution in [-0.2, 0) is 10.0 Å². The molecular formula is C14H23NO5S. The van der Waals surface area contributed by atoms with E-state index in [2.05, 4.69) is 0 Å². The largest absolute Gasteiger partial charge is 0.490 e. The van der Waals surface area contributed by atoms with Crippen molar-refractivity contribution < 1.29 is 23.0 Å². The lowest BCUT2D eigenvalue weighted by atomic mass is 10.3. The van der Waals surface area contributed by atoms with E-state index in [9.17, 15) is 8.42 Å². The molecule has 1 aromatic carbocycles. The summed E-state index contributed by atoms with van der Waals surface area (Å²) in [6.07, 6.45) is 0. The summed E-state index contributed by atoms with van der Waals surface area (Å²) >= 11 is 0. The molecule has 0 aliphatic rings. The van der Waals surface area contributed by atoms with E-state index >= 15 is 0 Å². The smallest absolute Gasteiger partial charge is 0.243 e. The molecule has 7 heteroatoms. The van der Waals surface area contributed by atoms with Crippen molar-refractivity contribution in [2.45, 2.75) is 25.7 Å². The first-order valence-corrected chi connectivity index (χ1v) is 8.45. The Morgan fingerprint density at radius 3 is 2.24 bits per heavy atom. The average molecular weight is 317 g/mol. The minimum absolute atomic E-state index is 0.0655. The lowest BCUT2D eigenvalue weighted by Crippen LogP contribution is -2.33. The maximum Gasteiger partial charge on any atom is 0.243 e. The van der Waals surface area contributed by atoms with Crippen LogP contribution in [0.15, 0.2) is 23.1 Å². The molecule has 0 heterocycles. The molecule has 21 heavy (non-hydrogen) atoms. The molecule has 0 atom stereocenters. The molecule has 0 aliphatic heterocycles. The predicted octanol–water partition coefficient (Wildman–Crippen LogP) is 1.49. The van der Waals surface area contributed by atoms with Crippen LogP contribution in [0.4, 0.5) is 0 Å². The van der Waals surface area contributed by atoms with E-state index in [1.807, 2.05) is 13.8 Å². The van der Waals surface area contributed by atoms with Gasteiger partial charge >= 0.3 is 0 Å². The van der Waals surface area contributed by atoms with Gasteiger partial charge in [-0.2, -0.15) is 4.31 Å². The standard InChI is InChI=1S/C14H23NO5S/c1-4-15(9-10-16)21(17,18)12-7-8-13(19-5-2)14(11-12)20-6-3/h7-8,11,16H,4-6,9-10H2,1-3H3. The molecular weight excluding hydrogens is 294 g/mol. The average Bonchev–Trinajstić information content (AvgIpc) is 2.46. The van der Waals surface area contributed by atoms with E-state index in [1.165, 1.54) is 16.4 Å². The van der Waals surface area contributed by atoms with E-state index < -0.39 is 10.0 Å². The quantitative estimate of drug-likeness (QED) is 0.747. The van der Waals surface area contributed by atoms with Crippen molar-refractivity contribution in [1.82, 2.24) is 4.31 Å². The number of aliphatic hydroxyl groups is 1. The molecule has 0 bridgehead atoms. The van der Waals surface area contributed by atoms with Crippen molar-refractivity contribution in [2.75, 3.05) is 32.9 Å². The van der Waals surface area contributed by atoms with Gasteiger partial charge in [0.15, 0.2) is 11.5 Å². The molecule has 0 aliphatic carbocycles. The molecule has 0 radical (unpaired) electrons. The number of hydrogen-bond donors (Lipinski definition) is 1. The molecule has 120 valence electrons. The highest BCUT2D eigenvalue weighted by molar-refractivity contribution is 7.89. The lowest BCUT2D eigenvalue weighted by Gasteiger charge is -2.20. The summed E-state index contributed by atoms with van der Waals surface area (Å²) < 4.78 is 37.1. The van der Waals surface area contributed by atoms with Crippen molar-refractivity contribution in [3.63, 3.8) is 0 Å². The number of benzene rings is 1. The van der Waals surface area contributed by atoms with Crippen molar-refractivity contribution >= 4 is 10.0 Å². The van der Waals surface area contributed by atoms with Crippen LogP contribution in [0.3, 0.4) is 0 Å². The van der Waals surface area contributed by atoms with Crippen molar-refractivity contribution in [1.29, 1.82) is 0 Å². The lowest BCUT2D eigenvalue weighted by molar-refractivity contribution is 0.257. The van der Waals surface area contributed by atoms with Crippen LogP contribution in [0.2, 0.25) is 0 Å². The van der Waals surface area contributed by atoms with Gasteiger partial charge in [0.2, 0.25) is 10.0 Å². The van der Waals surface area contributed by atoms with E-state index in [1.54, 1.807) is 13.0 Å². The molecule has 0 saturated heterocycles. The monoisotopic (exact) mass is 317 g/mol. The summed E-state index contributed by atoms with van der Waals surface area (Å²) in [5.41, 5.74) is 0. The minimum Gasteiger partial charge on any atom is -0.490 e. The first-order valence-electron chi connectivity index (χ1n) is 7.01. The van der Waals surface area contributed by atoms with E-state index in [4.69, 9.17) is 14.6 Å². The maximum atomic E-state index is 12.5. The molecule has 1 N–H and O–H groups in total. The Morgan fingerprint density at radius 2 is 1.71 bits per heavy atom. The summed E-state index contributed by atoms with van der Waals surface area (Å²) in [5, 5.41) is 8.98. The molecule has 0 saturated carbocycles. The topological polar surface area (TPSA) is 76.1 Å². The third-order valence-electron chi connectivity index (χ3n) is 2.85. The Balaban J connectivity index is 3.20. The molecule has 1 rings (SSSR count). The SMILES string of the molecule is CCOc1ccc(S(=O)(=O)N(CC)CCO)cc1OCC. The van der Waals surface area contributed by atoms with Gasteiger partial charge in [0.1, 0.15) is 0 Å². The van der Waals surface area contributed by atoms with Crippen LogP contribution in [0, 0.1) is 0 Å². The second-order valence-electron chi connectivity index (χ2n) is 4.19. The van der Waals surface area contributed by atoms with Crippen LogP contribution in [0.1, 0.15) is 20.8 Å². The zero-order chi connectivity index (χ0) is 15.9. The second kappa shape index (κ2) is 8.21. The fraction of sp³-hybridized carbons (Fsp3) is 0.571. The van der Waals surface area contributed by atoms with E-state index in [0.717, 1.165) is 0 Å². The van der Waals surface area contributed by atoms with Gasteiger partial charge < -0.3 is 14.6 Å². The molecule has 0 fully saturated rings. The summed E-state index contributed by atoms with van der Waals surface area (Å²) in [7, 11) is -3.65. The Morgan fingerprint density at radius 1 is 1.10 bits per heavy atom. The Kier molecular flexibility index (Phi) is 6.94. The summed E-state index contributed by atoms with van der Waals surface area (Å²) in [4.78, 5) is 0.129. The predicted molar refractivity (Wildman–Crippen MR) is 80.3 cm³/mol. The third kappa shape index (κ3) is 4.33. The van der Waals surface area contributed by atoms with Gasteiger partial charge in [0.25, 0.3) is 0 Å². The summed E-state index contributed by atoms with van der Waals surface area (Å²) in [6, 6.07) is 4.54. The Bertz CT molecular complexity index is 544. The first kappa shape index (κ1) is 17.7. The van der Waals surface area contributed by atoms with Crippen LogP contribution in [0.5, 0.6) is 11.5 Å². The van der Waals surface area contributed by atoms with Crippen molar-refractivity contribution in [2.24, 2.45) is 0 Å². The molecule has 0 amide bonds. The number of rotatable bonds is 9. The zero-order valence-electron chi connectivity index (χ0n) is 12.7. The number of aliphatic hydroxyl groups excluding tert-OH is 1. The van der Waals surface area contributed by atoms with Gasteiger partial charge in [-0.15, -0.1) is 0 Å². The van der Waals surface area contributed by atoms with Crippen LogP contribution >= 0.6 is 0 Å². The fourth-order valence-electron chi connectivity index (χ4n) is 1.90. The highest BCUT2D eigenvalue weighted by Crippen LogP contribution is 2.31. The molecule has 0 unspecified atom stereocenters. The normalized spacial score (nSPS) is 11.7. The van der Waals surface area contributed by atoms with Crippen LogP contribution in [0.25, 0.3) is 0 Å². The van der Waals surface area contributed by atoms with Gasteiger partial charge in [-0.05, 0) is 26.0 Å². The number of nitrogens with zero attached hydrogens (tertiary/aromatic N) is 1. The number of likely N-dealkylation sites (N-methyl/N-ethyl adjacent to an activating group) is 1. The number of sulfonamides is 1. The van der Waals surface area contributed by atoms with Crippen molar-refractivity contribution in [3.05, 3.63) is 18.2 Å². The highest BCUT2D eigenvalue weighted by atomic mass is 32.2. The third-order valence-corrected chi connectivity index (χ3v) is 4.83. The summed E-state index contributed by atoms with van der Waals surface area (Å²) in [6.45, 7) is 6.42. The van der Waals surface area contributed by atoms with Crippen LogP contribution < -0.4 is 9.47 Å². The molecule has 0 aromatic heterocycles. The van der Waals surface area contributed by atoms with Gasteiger partial charge in [0, 0.05) is 19.2 Å². The Hall–Kier alpha value is -1.31. The van der Waals surface area contributed by atoms with Gasteiger partial charge in [-0.3, -0.25) is 0 Å². The molecule has 0 spiro atoms. The second-order valence-corrected chi connectivity index (χ2v) is 6.13.